The van der Waals surface area contributed by atoms with Gasteiger partial charge in [-0.2, -0.15) is 13.2 Å². The van der Waals surface area contributed by atoms with E-state index in [1.807, 2.05) is 0 Å². The molecule has 2 atom stereocenters. The molecule has 0 bridgehead atoms. The molecule has 2 unspecified atom stereocenters. The molecule has 4 amide bonds. The molecule has 6 N–H and O–H groups in total. The van der Waals surface area contributed by atoms with E-state index in [0.717, 1.165) is 49.2 Å². The number of ether oxygens (including phenoxy) is 1. The van der Waals surface area contributed by atoms with Gasteiger partial charge in [-0.3, -0.25) is 4.79 Å². The lowest BCUT2D eigenvalue weighted by atomic mass is 9.98. The number of nitrogens with one attached hydrogen (secondary N) is 6. The van der Waals surface area contributed by atoms with Gasteiger partial charge in [0.2, 0.25) is 0 Å². The van der Waals surface area contributed by atoms with E-state index in [1.54, 1.807) is 41.2 Å². The van der Waals surface area contributed by atoms with Crippen LogP contribution < -0.4 is 21.3 Å². The van der Waals surface area contributed by atoms with Gasteiger partial charge in [0.15, 0.2) is 34.9 Å². The summed E-state index contributed by atoms with van der Waals surface area (Å²) in [4.78, 5) is 71.3. The minimum atomic E-state index is -4.50. The van der Waals surface area contributed by atoms with Crippen molar-refractivity contribution in [2.75, 3.05) is 68.4 Å². The average Bonchev–Trinajstić information content (AvgIpc) is 4.00. The van der Waals surface area contributed by atoms with Crippen LogP contribution in [0.25, 0.3) is 44.8 Å². The number of hydrogen-bond donors (Lipinski definition) is 6. The summed E-state index contributed by atoms with van der Waals surface area (Å²) in [5, 5.41) is 13.7. The van der Waals surface area contributed by atoms with Gasteiger partial charge in [-0.15, -0.1) is 0 Å². The molecule has 2 fully saturated rings. The van der Waals surface area contributed by atoms with Gasteiger partial charge >= 0.3 is 24.2 Å². The number of fused-ring (bicyclic) bond motifs is 2. The Hall–Kier alpha value is -7.40. The van der Waals surface area contributed by atoms with Crippen LogP contribution in [-0.2, 0) is 15.7 Å². The lowest BCUT2D eigenvalue weighted by Crippen LogP contribution is -2.47. The fourth-order valence-electron chi connectivity index (χ4n) is 8.47. The van der Waals surface area contributed by atoms with Crippen LogP contribution in [0.15, 0.2) is 73.6 Å². The first-order chi connectivity index (χ1) is 35.1. The highest BCUT2D eigenvalue weighted by atomic mass is 35.5. The van der Waals surface area contributed by atoms with Gasteiger partial charge in [0.05, 0.1) is 41.0 Å². The zero-order valence-electron chi connectivity index (χ0n) is 39.1. The second kappa shape index (κ2) is 23.4. The molecule has 2 aliphatic rings. The second-order valence-corrected chi connectivity index (χ2v) is 18.1. The van der Waals surface area contributed by atoms with Crippen molar-refractivity contribution in [1.29, 1.82) is 0 Å². The maximum absolute atomic E-state index is 14.5. The lowest BCUT2D eigenvalue weighted by Gasteiger charge is -2.33. The van der Waals surface area contributed by atoms with E-state index in [-0.39, 0.29) is 59.9 Å². The summed E-state index contributed by atoms with van der Waals surface area (Å²) >= 11 is 12.1. The van der Waals surface area contributed by atoms with Crippen molar-refractivity contribution in [1.82, 2.24) is 55.0 Å². The van der Waals surface area contributed by atoms with Crippen molar-refractivity contribution in [3.8, 4) is 22.8 Å². The number of alkyl halides is 3. The van der Waals surface area contributed by atoms with E-state index in [4.69, 9.17) is 27.9 Å². The molecule has 7 aromatic rings. The van der Waals surface area contributed by atoms with Crippen molar-refractivity contribution < 1.29 is 41.1 Å². The van der Waals surface area contributed by atoms with Crippen LogP contribution in [0, 0.1) is 23.5 Å². The van der Waals surface area contributed by atoms with Crippen LogP contribution in [0.5, 0.6) is 0 Å². The Labute approximate surface area is 424 Å². The van der Waals surface area contributed by atoms with Crippen molar-refractivity contribution in [2.24, 2.45) is 11.8 Å². The number of aromatic amines is 2. The van der Waals surface area contributed by atoms with E-state index in [9.17, 15) is 36.3 Å². The maximum atomic E-state index is 14.5. The van der Waals surface area contributed by atoms with Crippen molar-refractivity contribution in [3.05, 3.63) is 101 Å². The second-order valence-electron chi connectivity index (χ2n) is 17.3. The number of nitrogens with zero attached hydrogens (tertiary/aromatic N) is 8. The Morgan fingerprint density at radius 1 is 0.753 bits per heavy atom. The number of rotatable bonds is 13. The van der Waals surface area contributed by atoms with E-state index < -0.39 is 29.4 Å². The molecule has 9 rings (SSSR count). The Morgan fingerprint density at radius 3 is 1.81 bits per heavy atom. The number of H-pyrrole nitrogens is 2. The van der Waals surface area contributed by atoms with Gasteiger partial charge in [0, 0.05) is 98.2 Å². The number of aromatic nitrogens is 8. The Bertz CT molecular complexity index is 3090. The summed E-state index contributed by atoms with van der Waals surface area (Å²) in [6.07, 6.45) is 7.48. The zero-order chi connectivity index (χ0) is 51.6. The smallest absolute Gasteiger partial charge is 0.416 e. The molecule has 2 saturated heterocycles. The summed E-state index contributed by atoms with van der Waals surface area (Å²) in [5.74, 6) is -0.690. The van der Waals surface area contributed by atoms with Gasteiger partial charge in [-0.05, 0) is 74.8 Å². The Balaban J connectivity index is 0.000000196. The number of anilines is 3. The van der Waals surface area contributed by atoms with Crippen molar-refractivity contribution in [2.45, 2.75) is 45.2 Å². The predicted octanol–water partition coefficient (Wildman–Crippen LogP) is 9.79. The van der Waals surface area contributed by atoms with Crippen LogP contribution in [-0.4, -0.2) is 120 Å². The number of esters is 1. The van der Waals surface area contributed by atoms with Crippen LogP contribution in [0.3, 0.4) is 0 Å². The summed E-state index contributed by atoms with van der Waals surface area (Å²) in [5.41, 5.74) is 1.74. The number of piperidine rings is 2. The molecule has 73 heavy (non-hydrogen) atoms. The fraction of sp³-hybridized carbons (Fsp3) is 0.354. The van der Waals surface area contributed by atoms with E-state index in [2.05, 4.69) is 61.1 Å². The number of amides is 4. The van der Waals surface area contributed by atoms with Crippen molar-refractivity contribution in [3.63, 3.8) is 0 Å². The average molecular weight is 1050 g/mol. The van der Waals surface area contributed by atoms with Crippen LogP contribution in [0.1, 0.15) is 44.6 Å². The normalized spacial score (nSPS) is 15.9. The molecule has 0 aliphatic carbocycles. The molecule has 2 aliphatic heterocycles. The number of carbonyl (C=O) groups excluding carboxylic acids is 3. The number of benzene rings is 1. The number of halogens is 7. The SMILES string of the molecule is CCOC(=O)CCNC(=O)N1CCCC(CNc2nc(-c3c[nH]c4ncc(Cl)cc34)ncc2F)C1.O=C(Nc1cccc(C(F)(F)F)c1)N1CCCC(CNc2nc(-c3c[nH]c4ncc(Cl)cc34)ncc2F)C1. The Kier molecular flexibility index (Phi) is 16.7. The van der Waals surface area contributed by atoms with E-state index in [1.165, 1.54) is 24.5 Å². The molecule has 8 heterocycles. The minimum Gasteiger partial charge on any atom is -0.466 e. The number of likely N-dealkylation sites (tertiary alicyclic amines) is 2. The molecule has 0 spiro atoms. The summed E-state index contributed by atoms with van der Waals surface area (Å²) in [7, 11) is 0. The van der Waals surface area contributed by atoms with Gasteiger partial charge in [0.25, 0.3) is 0 Å². The minimum absolute atomic E-state index is 0.0184. The molecule has 18 nitrogen and oxygen atoms in total. The monoisotopic (exact) mass is 1050 g/mol. The fourth-order valence-corrected chi connectivity index (χ4v) is 8.79. The third-order valence-corrected chi connectivity index (χ3v) is 12.5. The molecule has 1 aromatic carbocycles. The molecular formula is C48H49Cl2F5N14O4. The number of pyridine rings is 2. The van der Waals surface area contributed by atoms with Gasteiger partial charge in [-0.25, -0.2) is 48.3 Å². The van der Waals surface area contributed by atoms with Gasteiger partial charge in [-0.1, -0.05) is 29.3 Å². The molecule has 0 saturated carbocycles. The highest BCUT2D eigenvalue weighted by molar-refractivity contribution is 6.31. The number of hydrogen-bond acceptors (Lipinski definition) is 12. The first kappa shape index (κ1) is 51.9. The first-order valence-electron chi connectivity index (χ1n) is 23.3. The van der Waals surface area contributed by atoms with Gasteiger partial charge in [0.1, 0.15) is 11.3 Å². The van der Waals surface area contributed by atoms with Crippen LogP contribution in [0.4, 0.5) is 48.9 Å². The quantitative estimate of drug-likeness (QED) is 0.0469. The third kappa shape index (κ3) is 13.4. The predicted molar refractivity (Wildman–Crippen MR) is 265 cm³/mol. The van der Waals surface area contributed by atoms with E-state index >= 15 is 0 Å². The largest absolute Gasteiger partial charge is 0.466 e. The first-order valence-corrected chi connectivity index (χ1v) is 24.1. The standard InChI is InChI=1S/C25H22ClF4N7O.C23H27ClFN7O3/c26-16-8-18-19(11-33-21(18)32-10-16)22-34-12-20(27)23(36-22)31-9-14-3-2-6-37(13-14)24(38)35-17-5-1-4-15(7-17)25(28,29)30;1-2-35-19(33)5-6-26-23(34)32-7-3-4-14(13-32)9-27-22-18(25)12-30-21(31-22)17-11-29-20-16(17)8-15(24)10-28-20/h1,4-5,7-8,10-12,14H,2-3,6,9,13H2,(H,32,33)(H,35,38)(H,31,34,36);8,10-12,14H,2-7,9,13H2,1H3,(H,26,34)(H,28,29)(H,27,30,31). The molecule has 0 radical (unpaired) electrons. The van der Waals surface area contributed by atoms with E-state index in [0.29, 0.717) is 96.0 Å². The maximum Gasteiger partial charge on any atom is 0.416 e. The zero-order valence-corrected chi connectivity index (χ0v) is 40.6. The highest BCUT2D eigenvalue weighted by Gasteiger charge is 2.31. The van der Waals surface area contributed by atoms with Crippen LogP contribution >= 0.6 is 23.2 Å². The summed E-state index contributed by atoms with van der Waals surface area (Å²) < 4.78 is 72.8. The Morgan fingerprint density at radius 2 is 1.29 bits per heavy atom. The molecule has 25 heteroatoms. The molecular weight excluding hydrogens is 1000 g/mol. The van der Waals surface area contributed by atoms with Crippen molar-refractivity contribution >= 4 is 80.6 Å². The lowest BCUT2D eigenvalue weighted by molar-refractivity contribution is -0.143. The summed E-state index contributed by atoms with van der Waals surface area (Å²) in [6.45, 7) is 5.02. The topological polar surface area (TPSA) is 224 Å². The molecule has 6 aromatic heterocycles. The van der Waals surface area contributed by atoms with Gasteiger partial charge < -0.3 is 45.8 Å². The third-order valence-electron chi connectivity index (χ3n) is 12.0. The number of carbonyl (C=O) groups is 3. The number of urea groups is 2. The highest BCUT2D eigenvalue weighted by Crippen LogP contribution is 2.32. The van der Waals surface area contributed by atoms with Crippen LogP contribution in [0.2, 0.25) is 10.0 Å². The summed E-state index contributed by atoms with van der Waals surface area (Å²) in [6, 6.07) is 7.25. The molecule has 384 valence electrons.